The number of rotatable bonds is 17. The molecule has 0 unspecified atom stereocenters. The van der Waals surface area contributed by atoms with Gasteiger partial charge in [0.05, 0.1) is 0 Å². The Balaban J connectivity index is 3.25. The average molecular weight is 320 g/mol. The molecule has 23 heavy (non-hydrogen) atoms. The Labute approximate surface area is 146 Å². The van der Waals surface area contributed by atoms with E-state index in [-0.39, 0.29) is 0 Å². The second kappa shape index (κ2) is 21.2. The fourth-order valence-corrected chi connectivity index (χ4v) is 2.58. The molecule has 0 aliphatic carbocycles. The van der Waals surface area contributed by atoms with Crippen molar-refractivity contribution in [3.8, 4) is 0 Å². The molecule has 0 rings (SSSR count). The third kappa shape index (κ3) is 21.2. The van der Waals surface area contributed by atoms with Gasteiger partial charge in [-0.2, -0.15) is 0 Å². The predicted molar refractivity (Wildman–Crippen MR) is 107 cm³/mol. The van der Waals surface area contributed by atoms with Crippen molar-refractivity contribution in [2.75, 3.05) is 6.54 Å². The van der Waals surface area contributed by atoms with E-state index in [4.69, 9.17) is 5.73 Å². The summed E-state index contributed by atoms with van der Waals surface area (Å²) in [5, 5.41) is 0. The van der Waals surface area contributed by atoms with Crippen LogP contribution in [0, 0.1) is 0 Å². The molecule has 0 atom stereocenters. The van der Waals surface area contributed by atoms with Crippen molar-refractivity contribution < 1.29 is 0 Å². The van der Waals surface area contributed by atoms with E-state index in [1.165, 1.54) is 77.0 Å². The first kappa shape index (κ1) is 22.2. The van der Waals surface area contributed by atoms with Crippen LogP contribution in [-0.4, -0.2) is 6.54 Å². The normalized spacial score (nSPS) is 12.3. The summed E-state index contributed by atoms with van der Waals surface area (Å²) in [6.07, 6.45) is 31.9. The summed E-state index contributed by atoms with van der Waals surface area (Å²) in [5.41, 5.74) is 5.48. The first-order valence-corrected chi connectivity index (χ1v) is 10.1. The van der Waals surface area contributed by atoms with Crippen LogP contribution >= 0.6 is 0 Å². The van der Waals surface area contributed by atoms with Gasteiger partial charge in [0.1, 0.15) is 0 Å². The highest BCUT2D eigenvalue weighted by Crippen LogP contribution is 2.06. The van der Waals surface area contributed by atoms with Gasteiger partial charge in [0.2, 0.25) is 0 Å². The average Bonchev–Trinajstić information content (AvgIpc) is 2.57. The number of unbranched alkanes of at least 4 members (excludes halogenated alkanes) is 10. The lowest BCUT2D eigenvalue weighted by Gasteiger charge is -1.97. The van der Waals surface area contributed by atoms with Crippen LogP contribution in [0.3, 0.4) is 0 Å². The lowest BCUT2D eigenvalue weighted by atomic mass is 10.1. The fraction of sp³-hybridized carbons (Fsp3) is 0.727. The zero-order chi connectivity index (χ0) is 16.8. The maximum atomic E-state index is 5.48. The van der Waals surface area contributed by atoms with E-state index < -0.39 is 0 Å². The highest BCUT2D eigenvalue weighted by atomic mass is 14.5. The molecule has 0 aromatic rings. The molecule has 0 fully saturated rings. The van der Waals surface area contributed by atoms with Crippen LogP contribution in [0.4, 0.5) is 0 Å². The van der Waals surface area contributed by atoms with Crippen molar-refractivity contribution in [3.63, 3.8) is 0 Å². The Morgan fingerprint density at radius 3 is 1.48 bits per heavy atom. The third-order valence-corrected chi connectivity index (χ3v) is 4.09. The summed E-state index contributed by atoms with van der Waals surface area (Å²) in [6.45, 7) is 3.12. The van der Waals surface area contributed by atoms with E-state index >= 15 is 0 Å². The Bertz CT molecular complexity index is 288. The van der Waals surface area contributed by atoms with E-state index in [1.807, 2.05) is 0 Å². The van der Waals surface area contributed by atoms with Gasteiger partial charge in [0.15, 0.2) is 0 Å². The molecule has 0 saturated carbocycles. The van der Waals surface area contributed by atoms with Crippen molar-refractivity contribution in [2.24, 2.45) is 5.73 Å². The number of hydrogen-bond donors (Lipinski definition) is 1. The Hall–Kier alpha value is -0.820. The van der Waals surface area contributed by atoms with Crippen LogP contribution in [0.2, 0.25) is 0 Å². The van der Waals surface area contributed by atoms with E-state index in [0.29, 0.717) is 0 Å². The van der Waals surface area contributed by atoms with Gasteiger partial charge in [-0.05, 0) is 51.5 Å². The van der Waals surface area contributed by atoms with Crippen LogP contribution in [-0.2, 0) is 0 Å². The van der Waals surface area contributed by atoms with Crippen molar-refractivity contribution in [1.82, 2.24) is 0 Å². The molecule has 0 radical (unpaired) electrons. The van der Waals surface area contributed by atoms with Gasteiger partial charge in [0.25, 0.3) is 0 Å². The molecule has 134 valence electrons. The van der Waals surface area contributed by atoms with Gasteiger partial charge in [-0.3, -0.25) is 0 Å². The topological polar surface area (TPSA) is 26.0 Å². The summed E-state index contributed by atoms with van der Waals surface area (Å²) in [6, 6.07) is 0. The molecule has 1 nitrogen and oxygen atoms in total. The molecule has 0 amide bonds. The third-order valence-electron chi connectivity index (χ3n) is 4.09. The number of nitrogens with two attached hydrogens (primary N) is 1. The van der Waals surface area contributed by atoms with Crippen molar-refractivity contribution in [3.05, 3.63) is 36.5 Å². The quantitative estimate of drug-likeness (QED) is 0.225. The second-order valence-electron chi connectivity index (χ2n) is 6.43. The fourth-order valence-electron chi connectivity index (χ4n) is 2.58. The lowest BCUT2D eigenvalue weighted by Crippen LogP contribution is -1.97. The largest absolute Gasteiger partial charge is 0.330 e. The molecule has 0 heterocycles. The maximum Gasteiger partial charge on any atom is -0.00773 e. The van der Waals surface area contributed by atoms with Gasteiger partial charge < -0.3 is 5.73 Å². The van der Waals surface area contributed by atoms with Crippen molar-refractivity contribution in [1.29, 1.82) is 0 Å². The highest BCUT2D eigenvalue weighted by Gasteiger charge is 1.88. The summed E-state index contributed by atoms with van der Waals surface area (Å²) in [4.78, 5) is 0. The Kier molecular flexibility index (Phi) is 20.4. The molecule has 0 saturated heterocycles. The molecule has 0 spiro atoms. The van der Waals surface area contributed by atoms with Gasteiger partial charge in [0, 0.05) is 0 Å². The van der Waals surface area contributed by atoms with Crippen molar-refractivity contribution >= 4 is 0 Å². The monoisotopic (exact) mass is 319 g/mol. The van der Waals surface area contributed by atoms with Gasteiger partial charge >= 0.3 is 0 Å². The first-order valence-electron chi connectivity index (χ1n) is 10.1. The zero-order valence-electron chi connectivity index (χ0n) is 15.6. The second-order valence-corrected chi connectivity index (χ2v) is 6.43. The smallest absolute Gasteiger partial charge is 0.00773 e. The number of allylic oxidation sites excluding steroid dienone is 6. The molecule has 0 aromatic heterocycles. The Morgan fingerprint density at radius 1 is 0.522 bits per heavy atom. The van der Waals surface area contributed by atoms with Crippen LogP contribution in [0.25, 0.3) is 0 Å². The molecular weight excluding hydrogens is 278 g/mol. The Morgan fingerprint density at radius 2 is 0.957 bits per heavy atom. The minimum Gasteiger partial charge on any atom is -0.330 e. The van der Waals surface area contributed by atoms with Gasteiger partial charge in [-0.1, -0.05) is 88.3 Å². The molecule has 2 N–H and O–H groups in total. The first-order chi connectivity index (χ1) is 11.4. The molecule has 0 aliphatic heterocycles. The molecule has 0 bridgehead atoms. The van der Waals surface area contributed by atoms with Gasteiger partial charge in [-0.15, -0.1) is 0 Å². The van der Waals surface area contributed by atoms with Gasteiger partial charge in [-0.25, -0.2) is 0 Å². The van der Waals surface area contributed by atoms with Crippen LogP contribution in [0.15, 0.2) is 36.5 Å². The van der Waals surface area contributed by atoms with E-state index in [2.05, 4.69) is 43.4 Å². The SMILES string of the molecule is CCCCCCCC=CCC=CCC=CCCCCCCCN. The minimum atomic E-state index is 0.848. The van der Waals surface area contributed by atoms with Crippen LogP contribution in [0.1, 0.15) is 96.8 Å². The molecular formula is C22H41N. The number of hydrogen-bond acceptors (Lipinski definition) is 1. The zero-order valence-corrected chi connectivity index (χ0v) is 15.6. The van der Waals surface area contributed by atoms with Crippen molar-refractivity contribution in [2.45, 2.75) is 96.8 Å². The summed E-state index contributed by atoms with van der Waals surface area (Å²) >= 11 is 0. The predicted octanol–water partition coefficient (Wildman–Crippen LogP) is 7.10. The van der Waals surface area contributed by atoms with E-state index in [0.717, 1.165) is 19.4 Å². The summed E-state index contributed by atoms with van der Waals surface area (Å²) in [7, 11) is 0. The minimum absolute atomic E-state index is 0.848. The summed E-state index contributed by atoms with van der Waals surface area (Å²) < 4.78 is 0. The lowest BCUT2D eigenvalue weighted by molar-refractivity contribution is 0.622. The highest BCUT2D eigenvalue weighted by molar-refractivity contribution is 4.97. The van der Waals surface area contributed by atoms with E-state index in [1.54, 1.807) is 0 Å². The summed E-state index contributed by atoms with van der Waals surface area (Å²) in [5.74, 6) is 0. The molecule has 0 aromatic carbocycles. The molecule has 1 heteroatoms. The molecule has 0 aliphatic rings. The van der Waals surface area contributed by atoms with Crippen LogP contribution < -0.4 is 5.73 Å². The van der Waals surface area contributed by atoms with E-state index in [9.17, 15) is 0 Å². The standard InChI is InChI=1S/C22H41N/c1-2-3-4-5-6-7-8-9-10-11-12-13-14-15-16-17-18-19-20-21-22-23/h8-9,11-12,14-15H,2-7,10,13,16-23H2,1H3. The maximum absolute atomic E-state index is 5.48. The van der Waals surface area contributed by atoms with Crippen LogP contribution in [0.5, 0.6) is 0 Å².